The molecule has 7 heteroatoms. The van der Waals surface area contributed by atoms with Crippen molar-refractivity contribution < 1.29 is 9.53 Å². The molecule has 27 heavy (non-hydrogen) atoms. The number of carbonyl (C=O) groups is 1. The largest absolute Gasteiger partial charge is 0.497 e. The predicted molar refractivity (Wildman–Crippen MR) is 107 cm³/mol. The van der Waals surface area contributed by atoms with Crippen LogP contribution in [0.5, 0.6) is 5.75 Å². The Kier molecular flexibility index (Phi) is 4.68. The lowest BCUT2D eigenvalue weighted by Gasteiger charge is -2.04. The second kappa shape index (κ2) is 7.28. The molecule has 0 unspecified atom stereocenters. The van der Waals surface area contributed by atoms with Crippen LogP contribution in [0.1, 0.15) is 20.9 Å². The van der Waals surface area contributed by atoms with Crippen molar-refractivity contribution in [3.05, 3.63) is 65.1 Å². The van der Waals surface area contributed by atoms with Crippen LogP contribution in [0.2, 0.25) is 0 Å². The highest BCUT2D eigenvalue weighted by Crippen LogP contribution is 2.24. The SMILES string of the molecule is COc1ccc2[nH]cc(CCNC(=O)c3sc(-n4cccc4)nc3C)c2c1. The molecule has 0 aliphatic rings. The molecule has 0 spiro atoms. The number of aryl methyl sites for hydroxylation is 1. The third kappa shape index (κ3) is 3.46. The summed E-state index contributed by atoms with van der Waals surface area (Å²) in [4.78, 5) is 21.0. The Balaban J connectivity index is 1.43. The van der Waals surface area contributed by atoms with Crippen molar-refractivity contribution in [2.24, 2.45) is 0 Å². The second-order valence-corrected chi connectivity index (χ2v) is 7.21. The van der Waals surface area contributed by atoms with Gasteiger partial charge in [0.2, 0.25) is 0 Å². The Morgan fingerprint density at radius 2 is 2.15 bits per heavy atom. The zero-order valence-electron chi connectivity index (χ0n) is 15.2. The molecular weight excluding hydrogens is 360 g/mol. The molecule has 0 aliphatic heterocycles. The van der Waals surface area contributed by atoms with E-state index in [1.54, 1.807) is 7.11 Å². The minimum absolute atomic E-state index is 0.0826. The minimum Gasteiger partial charge on any atom is -0.497 e. The molecule has 6 nitrogen and oxygen atoms in total. The maximum atomic E-state index is 12.6. The molecule has 0 bridgehead atoms. The molecule has 1 aromatic carbocycles. The standard InChI is InChI=1S/C20H20N4O2S/c1-13-18(27-20(23-13)24-9-3-4-10-24)19(25)21-8-7-14-12-22-17-6-5-15(26-2)11-16(14)17/h3-6,9-12,22H,7-8H2,1-2H3,(H,21,25). The van der Waals surface area contributed by atoms with Crippen molar-refractivity contribution in [2.45, 2.75) is 13.3 Å². The maximum Gasteiger partial charge on any atom is 0.263 e. The van der Waals surface area contributed by atoms with Crippen molar-refractivity contribution >= 4 is 28.1 Å². The van der Waals surface area contributed by atoms with Crippen LogP contribution in [0, 0.1) is 6.92 Å². The fraction of sp³-hybridized carbons (Fsp3) is 0.200. The van der Waals surface area contributed by atoms with Crippen molar-refractivity contribution in [1.29, 1.82) is 0 Å². The average Bonchev–Trinajstić information content (AvgIpc) is 3.41. The van der Waals surface area contributed by atoms with E-state index in [4.69, 9.17) is 4.74 Å². The number of thiazole rings is 1. The molecule has 138 valence electrons. The molecule has 0 atom stereocenters. The first-order chi connectivity index (χ1) is 13.2. The number of fused-ring (bicyclic) bond motifs is 1. The number of methoxy groups -OCH3 is 1. The normalized spacial score (nSPS) is 11.0. The molecule has 0 aliphatic carbocycles. The Labute approximate surface area is 160 Å². The van der Waals surface area contributed by atoms with E-state index < -0.39 is 0 Å². The zero-order valence-corrected chi connectivity index (χ0v) is 16.0. The van der Waals surface area contributed by atoms with Crippen molar-refractivity contribution in [1.82, 2.24) is 19.9 Å². The topological polar surface area (TPSA) is 71.9 Å². The van der Waals surface area contributed by atoms with Crippen LogP contribution in [0.15, 0.2) is 48.9 Å². The number of aromatic amines is 1. The first-order valence-corrected chi connectivity index (χ1v) is 9.50. The van der Waals surface area contributed by atoms with E-state index in [9.17, 15) is 4.79 Å². The quantitative estimate of drug-likeness (QED) is 0.536. The Hall–Kier alpha value is -3.06. The van der Waals surface area contributed by atoms with Crippen molar-refractivity contribution in [2.75, 3.05) is 13.7 Å². The van der Waals surface area contributed by atoms with Gasteiger partial charge in [0, 0.05) is 36.0 Å². The molecule has 3 heterocycles. The van der Waals surface area contributed by atoms with Crippen molar-refractivity contribution in [3.63, 3.8) is 0 Å². The van der Waals surface area contributed by atoms with Gasteiger partial charge in [-0.25, -0.2) is 4.98 Å². The summed E-state index contributed by atoms with van der Waals surface area (Å²) in [5.41, 5.74) is 2.96. The number of amides is 1. The van der Waals surface area contributed by atoms with E-state index in [1.165, 1.54) is 11.3 Å². The van der Waals surface area contributed by atoms with Gasteiger partial charge in [-0.1, -0.05) is 11.3 Å². The van der Waals surface area contributed by atoms with E-state index in [-0.39, 0.29) is 5.91 Å². The van der Waals surface area contributed by atoms with Gasteiger partial charge < -0.3 is 19.6 Å². The molecule has 4 aromatic rings. The van der Waals surface area contributed by atoms with Gasteiger partial charge in [-0.05, 0) is 49.2 Å². The number of rotatable bonds is 6. The fourth-order valence-electron chi connectivity index (χ4n) is 3.05. The number of hydrogen-bond acceptors (Lipinski definition) is 4. The van der Waals surface area contributed by atoms with Crippen LogP contribution in [-0.2, 0) is 6.42 Å². The highest BCUT2D eigenvalue weighted by atomic mass is 32.1. The number of nitrogens with zero attached hydrogens (tertiary/aromatic N) is 2. The summed E-state index contributed by atoms with van der Waals surface area (Å²) in [6.45, 7) is 2.42. The number of H-pyrrole nitrogens is 1. The summed E-state index contributed by atoms with van der Waals surface area (Å²) in [5.74, 6) is 0.742. The summed E-state index contributed by atoms with van der Waals surface area (Å²) in [6, 6.07) is 9.82. The zero-order chi connectivity index (χ0) is 18.8. The molecule has 1 amide bonds. The minimum atomic E-state index is -0.0826. The van der Waals surface area contributed by atoms with Crippen LogP contribution in [0.25, 0.3) is 16.0 Å². The predicted octanol–water partition coefficient (Wildman–Crippen LogP) is 3.70. The summed E-state index contributed by atoms with van der Waals surface area (Å²) >= 11 is 1.40. The molecule has 4 rings (SSSR count). The van der Waals surface area contributed by atoms with Gasteiger partial charge >= 0.3 is 0 Å². The van der Waals surface area contributed by atoms with Crippen LogP contribution in [0.3, 0.4) is 0 Å². The lowest BCUT2D eigenvalue weighted by Crippen LogP contribution is -2.25. The molecular formula is C20H20N4O2S. The first-order valence-electron chi connectivity index (χ1n) is 8.68. The Bertz CT molecular complexity index is 1080. The van der Waals surface area contributed by atoms with Gasteiger partial charge in [0.25, 0.3) is 5.91 Å². The van der Waals surface area contributed by atoms with Crippen LogP contribution >= 0.6 is 11.3 Å². The van der Waals surface area contributed by atoms with E-state index in [0.29, 0.717) is 11.4 Å². The van der Waals surface area contributed by atoms with Crippen LogP contribution in [-0.4, -0.2) is 34.1 Å². The fourth-order valence-corrected chi connectivity index (χ4v) is 4.00. The Morgan fingerprint density at radius 1 is 1.33 bits per heavy atom. The van der Waals surface area contributed by atoms with Gasteiger partial charge in [-0.3, -0.25) is 4.79 Å². The molecule has 0 saturated carbocycles. The second-order valence-electron chi connectivity index (χ2n) is 6.23. The lowest BCUT2D eigenvalue weighted by molar-refractivity contribution is 0.0957. The summed E-state index contributed by atoms with van der Waals surface area (Å²) in [5, 5.41) is 4.92. The van der Waals surface area contributed by atoms with E-state index in [1.807, 2.05) is 60.4 Å². The highest BCUT2D eigenvalue weighted by Gasteiger charge is 2.16. The third-order valence-corrected chi connectivity index (χ3v) is 5.64. The summed E-state index contributed by atoms with van der Waals surface area (Å²) < 4.78 is 7.21. The van der Waals surface area contributed by atoms with Crippen LogP contribution < -0.4 is 10.1 Å². The molecule has 0 radical (unpaired) electrons. The monoisotopic (exact) mass is 380 g/mol. The summed E-state index contributed by atoms with van der Waals surface area (Å²) in [7, 11) is 1.66. The van der Waals surface area contributed by atoms with Gasteiger partial charge in [0.15, 0.2) is 5.13 Å². The van der Waals surface area contributed by atoms with E-state index >= 15 is 0 Å². The van der Waals surface area contributed by atoms with Crippen molar-refractivity contribution in [3.8, 4) is 10.9 Å². The molecule has 3 aromatic heterocycles. The lowest BCUT2D eigenvalue weighted by atomic mass is 10.1. The van der Waals surface area contributed by atoms with E-state index in [0.717, 1.165) is 39.5 Å². The van der Waals surface area contributed by atoms with E-state index in [2.05, 4.69) is 15.3 Å². The number of nitrogens with one attached hydrogen (secondary N) is 2. The third-order valence-electron chi connectivity index (χ3n) is 4.47. The van der Waals surface area contributed by atoms with Gasteiger partial charge in [-0.15, -0.1) is 0 Å². The average molecular weight is 380 g/mol. The molecule has 0 saturated heterocycles. The van der Waals surface area contributed by atoms with Gasteiger partial charge in [-0.2, -0.15) is 0 Å². The first kappa shape index (κ1) is 17.4. The maximum absolute atomic E-state index is 12.6. The highest BCUT2D eigenvalue weighted by molar-refractivity contribution is 7.16. The summed E-state index contributed by atoms with van der Waals surface area (Å²) in [6.07, 6.45) is 6.57. The smallest absolute Gasteiger partial charge is 0.263 e. The Morgan fingerprint density at radius 3 is 2.93 bits per heavy atom. The van der Waals surface area contributed by atoms with Crippen LogP contribution in [0.4, 0.5) is 0 Å². The number of carbonyl (C=O) groups excluding carboxylic acids is 1. The van der Waals surface area contributed by atoms with Gasteiger partial charge in [0.05, 0.1) is 12.8 Å². The number of benzene rings is 1. The number of aromatic nitrogens is 3. The molecule has 0 fully saturated rings. The molecule has 2 N–H and O–H groups in total. The van der Waals surface area contributed by atoms with Gasteiger partial charge in [0.1, 0.15) is 10.6 Å². The number of hydrogen-bond donors (Lipinski definition) is 2. The number of ether oxygens (including phenoxy) is 1.